The quantitative estimate of drug-likeness (QED) is 0.874. The molecule has 21 heavy (non-hydrogen) atoms. The van der Waals surface area contributed by atoms with Gasteiger partial charge in [0.05, 0.1) is 10.4 Å². The molecule has 1 fully saturated rings. The number of hydrogen-bond donors (Lipinski definition) is 1. The third kappa shape index (κ3) is 3.27. The molecule has 0 aromatic heterocycles. The Balaban J connectivity index is 2.39. The highest BCUT2D eigenvalue weighted by Crippen LogP contribution is 2.30. The van der Waals surface area contributed by atoms with Crippen LogP contribution in [-0.2, 0) is 14.8 Å². The van der Waals surface area contributed by atoms with Gasteiger partial charge in [-0.2, -0.15) is 4.31 Å². The summed E-state index contributed by atoms with van der Waals surface area (Å²) in [6.45, 7) is 1.85. The number of carboxylic acids is 1. The maximum atomic E-state index is 14.0. The van der Waals surface area contributed by atoms with E-state index in [4.69, 9.17) is 5.11 Å². The number of halogens is 2. The highest BCUT2D eigenvalue weighted by molar-refractivity contribution is 9.10. The van der Waals surface area contributed by atoms with Crippen molar-refractivity contribution in [2.24, 2.45) is 11.8 Å². The van der Waals surface area contributed by atoms with E-state index in [0.717, 1.165) is 4.31 Å². The summed E-state index contributed by atoms with van der Waals surface area (Å²) < 4.78 is 40.2. The molecule has 2 unspecified atom stereocenters. The Morgan fingerprint density at radius 2 is 2.10 bits per heavy atom. The van der Waals surface area contributed by atoms with E-state index in [1.807, 2.05) is 0 Å². The van der Waals surface area contributed by atoms with Crippen molar-refractivity contribution in [1.29, 1.82) is 0 Å². The molecule has 0 saturated carbocycles. The van der Waals surface area contributed by atoms with E-state index in [9.17, 15) is 17.6 Å². The van der Waals surface area contributed by atoms with Crippen LogP contribution in [0.1, 0.15) is 13.3 Å². The van der Waals surface area contributed by atoms with Crippen LogP contribution < -0.4 is 0 Å². The van der Waals surface area contributed by atoms with E-state index < -0.39 is 32.6 Å². The number of piperidine rings is 1. The molecule has 0 bridgehead atoms. The molecule has 1 saturated heterocycles. The van der Waals surface area contributed by atoms with Gasteiger partial charge in [-0.25, -0.2) is 12.8 Å². The van der Waals surface area contributed by atoms with Crippen LogP contribution in [0.2, 0.25) is 0 Å². The zero-order chi connectivity index (χ0) is 15.8. The molecule has 2 rings (SSSR count). The van der Waals surface area contributed by atoms with Gasteiger partial charge in [-0.05, 0) is 40.4 Å². The van der Waals surface area contributed by atoms with E-state index in [0.29, 0.717) is 6.42 Å². The second-order valence-corrected chi connectivity index (χ2v) is 8.01. The molecular weight excluding hydrogens is 365 g/mol. The van der Waals surface area contributed by atoms with E-state index >= 15 is 0 Å². The van der Waals surface area contributed by atoms with Crippen molar-refractivity contribution in [3.63, 3.8) is 0 Å². The maximum absolute atomic E-state index is 14.0. The Kier molecular flexibility index (Phi) is 4.69. The molecular formula is C13H15BrFNO4S. The van der Waals surface area contributed by atoms with Crippen molar-refractivity contribution in [2.45, 2.75) is 18.2 Å². The van der Waals surface area contributed by atoms with Gasteiger partial charge in [0.1, 0.15) is 4.90 Å². The third-order valence-corrected chi connectivity index (χ3v) is 5.97. The average Bonchev–Trinajstić information content (AvgIpc) is 2.40. The average molecular weight is 380 g/mol. The first-order valence-electron chi connectivity index (χ1n) is 6.40. The largest absolute Gasteiger partial charge is 0.481 e. The highest BCUT2D eigenvalue weighted by atomic mass is 79.9. The van der Waals surface area contributed by atoms with E-state index in [2.05, 4.69) is 15.9 Å². The van der Waals surface area contributed by atoms with E-state index in [1.165, 1.54) is 18.2 Å². The Bertz CT molecular complexity index is 664. The summed E-state index contributed by atoms with van der Waals surface area (Å²) in [6, 6.07) is 4.03. The van der Waals surface area contributed by atoms with Crippen molar-refractivity contribution in [3.8, 4) is 0 Å². The standard InChI is InChI=1S/C13H15BrFNO4S/c1-8-5-9(13(17)18)7-16(6-8)21(19,20)11-4-2-3-10(14)12(11)15/h2-4,8-9H,5-7H2,1H3,(H,17,18). The maximum Gasteiger partial charge on any atom is 0.307 e. The lowest BCUT2D eigenvalue weighted by Gasteiger charge is -2.33. The van der Waals surface area contributed by atoms with Gasteiger partial charge in [0, 0.05) is 13.1 Å². The third-order valence-electron chi connectivity index (χ3n) is 3.51. The molecule has 1 aliphatic heterocycles. The minimum absolute atomic E-state index is 0.0587. The number of carbonyl (C=O) groups is 1. The molecule has 0 spiro atoms. The fourth-order valence-corrected chi connectivity index (χ4v) is 4.69. The van der Waals surface area contributed by atoms with E-state index in [1.54, 1.807) is 6.92 Å². The number of nitrogens with zero attached hydrogens (tertiary/aromatic N) is 1. The lowest BCUT2D eigenvalue weighted by atomic mass is 9.92. The van der Waals surface area contributed by atoms with E-state index in [-0.39, 0.29) is 23.5 Å². The predicted molar refractivity (Wildman–Crippen MR) is 77.8 cm³/mol. The summed E-state index contributed by atoms with van der Waals surface area (Å²) in [7, 11) is -4.05. The second kappa shape index (κ2) is 6.02. The molecule has 1 aromatic carbocycles. The molecule has 0 aliphatic carbocycles. The van der Waals surface area contributed by atoms with Gasteiger partial charge >= 0.3 is 5.97 Å². The molecule has 1 aromatic rings. The van der Waals surface area contributed by atoms with Crippen LogP contribution in [0.4, 0.5) is 4.39 Å². The zero-order valence-corrected chi connectivity index (χ0v) is 13.7. The normalized spacial score (nSPS) is 24.0. The highest BCUT2D eigenvalue weighted by Gasteiger charge is 2.37. The van der Waals surface area contributed by atoms with Gasteiger partial charge in [0.15, 0.2) is 5.82 Å². The van der Waals surface area contributed by atoms with Crippen LogP contribution in [0.5, 0.6) is 0 Å². The molecule has 2 atom stereocenters. The Hall–Kier alpha value is -0.990. The molecule has 5 nitrogen and oxygen atoms in total. The Morgan fingerprint density at radius 1 is 1.43 bits per heavy atom. The smallest absolute Gasteiger partial charge is 0.307 e. The van der Waals surface area contributed by atoms with Crippen molar-refractivity contribution >= 4 is 31.9 Å². The van der Waals surface area contributed by atoms with Crippen molar-refractivity contribution in [3.05, 3.63) is 28.5 Å². The van der Waals surface area contributed by atoms with Gasteiger partial charge in [-0.15, -0.1) is 0 Å². The summed E-state index contributed by atoms with van der Waals surface area (Å²) >= 11 is 2.96. The summed E-state index contributed by atoms with van der Waals surface area (Å²) in [6.07, 6.45) is 0.419. The summed E-state index contributed by atoms with van der Waals surface area (Å²) in [5.74, 6) is -2.75. The van der Waals surface area contributed by atoms with Gasteiger partial charge in [-0.3, -0.25) is 4.79 Å². The number of sulfonamides is 1. The Morgan fingerprint density at radius 3 is 2.71 bits per heavy atom. The van der Waals surface area contributed by atoms with Crippen LogP contribution in [0.15, 0.2) is 27.6 Å². The molecule has 0 amide bonds. The number of benzene rings is 1. The number of hydrogen-bond acceptors (Lipinski definition) is 3. The SMILES string of the molecule is CC1CC(C(=O)O)CN(S(=O)(=O)c2cccc(Br)c2F)C1. The van der Waals surface area contributed by atoms with Crippen LogP contribution >= 0.6 is 15.9 Å². The van der Waals surface area contributed by atoms with Crippen molar-refractivity contribution in [2.75, 3.05) is 13.1 Å². The van der Waals surface area contributed by atoms with Crippen LogP contribution in [0.3, 0.4) is 0 Å². The summed E-state index contributed by atoms with van der Waals surface area (Å²) in [5, 5.41) is 9.11. The molecule has 116 valence electrons. The Labute approximate surface area is 130 Å². The fraction of sp³-hybridized carbons (Fsp3) is 0.462. The van der Waals surface area contributed by atoms with Gasteiger partial charge in [0.2, 0.25) is 10.0 Å². The summed E-state index contributed by atoms with van der Waals surface area (Å²) in [5.41, 5.74) is 0. The van der Waals surface area contributed by atoms with Gasteiger partial charge < -0.3 is 5.11 Å². The minimum atomic E-state index is -4.05. The predicted octanol–water partition coefficient (Wildman–Crippen LogP) is 2.32. The fourth-order valence-electron chi connectivity index (χ4n) is 2.50. The zero-order valence-electron chi connectivity index (χ0n) is 11.3. The second-order valence-electron chi connectivity index (χ2n) is 5.25. The van der Waals surface area contributed by atoms with Gasteiger partial charge in [0.25, 0.3) is 0 Å². The first-order valence-corrected chi connectivity index (χ1v) is 8.63. The number of rotatable bonds is 3. The topological polar surface area (TPSA) is 74.7 Å². The van der Waals surface area contributed by atoms with Crippen LogP contribution in [-0.4, -0.2) is 36.9 Å². The molecule has 8 heteroatoms. The van der Waals surface area contributed by atoms with Crippen LogP contribution in [0.25, 0.3) is 0 Å². The van der Waals surface area contributed by atoms with Crippen molar-refractivity contribution in [1.82, 2.24) is 4.31 Å². The first-order chi connectivity index (χ1) is 9.73. The monoisotopic (exact) mass is 379 g/mol. The minimum Gasteiger partial charge on any atom is -0.481 e. The van der Waals surface area contributed by atoms with Crippen LogP contribution in [0, 0.1) is 17.7 Å². The number of aliphatic carboxylic acids is 1. The number of carboxylic acid groups (broad SMARTS) is 1. The lowest BCUT2D eigenvalue weighted by Crippen LogP contribution is -2.45. The molecule has 1 heterocycles. The van der Waals surface area contributed by atoms with Gasteiger partial charge in [-0.1, -0.05) is 13.0 Å². The first kappa shape index (κ1) is 16.4. The summed E-state index contributed by atoms with van der Waals surface area (Å²) in [4.78, 5) is 10.7. The molecule has 1 aliphatic rings. The lowest BCUT2D eigenvalue weighted by molar-refractivity contribution is -0.143. The van der Waals surface area contributed by atoms with Crippen molar-refractivity contribution < 1.29 is 22.7 Å². The molecule has 0 radical (unpaired) electrons. The molecule has 1 N–H and O–H groups in total.